The van der Waals surface area contributed by atoms with Gasteiger partial charge in [0, 0.05) is 29.7 Å². The van der Waals surface area contributed by atoms with E-state index in [1.807, 2.05) is 13.1 Å². The molecule has 156 valence electrons. The molecule has 0 saturated heterocycles. The van der Waals surface area contributed by atoms with Gasteiger partial charge in [-0.3, -0.25) is 0 Å². The van der Waals surface area contributed by atoms with Crippen molar-refractivity contribution in [3.63, 3.8) is 0 Å². The van der Waals surface area contributed by atoms with Crippen LogP contribution in [-0.4, -0.2) is 43.0 Å². The Morgan fingerprint density at radius 1 is 1.21 bits per heavy atom. The van der Waals surface area contributed by atoms with Gasteiger partial charge >= 0.3 is 0 Å². The number of likely N-dealkylation sites (N-methyl/N-ethyl adjacent to an activating group) is 1. The van der Waals surface area contributed by atoms with Gasteiger partial charge in [-0.15, -0.1) is 35.3 Å². The summed E-state index contributed by atoms with van der Waals surface area (Å²) < 4.78 is 28.4. The van der Waals surface area contributed by atoms with E-state index in [9.17, 15) is 8.78 Å². The van der Waals surface area contributed by atoms with Crippen LogP contribution in [0.4, 0.5) is 8.78 Å². The fraction of sp³-hybridized carbons (Fsp3) is 0.474. The van der Waals surface area contributed by atoms with Gasteiger partial charge in [-0.05, 0) is 39.6 Å². The second kappa shape index (κ2) is 12.3. The van der Waals surface area contributed by atoms with Crippen molar-refractivity contribution in [2.45, 2.75) is 32.9 Å². The Kier molecular flexibility index (Phi) is 10.8. The highest BCUT2D eigenvalue weighted by Gasteiger charge is 2.22. The van der Waals surface area contributed by atoms with E-state index >= 15 is 0 Å². The molecule has 0 aliphatic carbocycles. The first kappa shape index (κ1) is 24.7. The number of aliphatic imine (C=N–C) groups is 1. The molecule has 0 aliphatic heterocycles. The number of halogens is 3. The second-order valence-electron chi connectivity index (χ2n) is 6.26. The van der Waals surface area contributed by atoms with Crippen LogP contribution in [0.3, 0.4) is 0 Å². The molecule has 0 amide bonds. The maximum atomic E-state index is 14.2. The summed E-state index contributed by atoms with van der Waals surface area (Å²) >= 11 is 1.64. The number of thiazole rings is 1. The summed E-state index contributed by atoms with van der Waals surface area (Å²) in [6.07, 6.45) is 2.83. The van der Waals surface area contributed by atoms with Crippen LogP contribution in [0.2, 0.25) is 0 Å². The fourth-order valence-electron chi connectivity index (χ4n) is 2.64. The minimum atomic E-state index is -0.549. The zero-order valence-electron chi connectivity index (χ0n) is 16.6. The molecule has 5 nitrogen and oxygen atoms in total. The Morgan fingerprint density at radius 2 is 1.89 bits per heavy atom. The molecule has 2 N–H and O–H groups in total. The number of benzene rings is 1. The molecule has 9 heteroatoms. The third-order valence-electron chi connectivity index (χ3n) is 4.09. The predicted molar refractivity (Wildman–Crippen MR) is 123 cm³/mol. The number of hydrogen-bond acceptors (Lipinski definition) is 4. The summed E-state index contributed by atoms with van der Waals surface area (Å²) in [7, 11) is 3.59. The van der Waals surface area contributed by atoms with Crippen LogP contribution in [-0.2, 0) is 13.0 Å². The average molecular weight is 523 g/mol. The number of aryl methyl sites for hydroxylation is 1. The lowest BCUT2D eigenvalue weighted by Gasteiger charge is -2.26. The lowest BCUT2D eigenvalue weighted by molar-refractivity contribution is 0.282. The van der Waals surface area contributed by atoms with E-state index in [1.165, 1.54) is 23.1 Å². The van der Waals surface area contributed by atoms with Crippen molar-refractivity contribution in [2.24, 2.45) is 4.99 Å². The van der Waals surface area contributed by atoms with E-state index < -0.39 is 17.7 Å². The van der Waals surface area contributed by atoms with E-state index in [-0.39, 0.29) is 29.5 Å². The highest BCUT2D eigenvalue weighted by atomic mass is 127. The molecule has 1 unspecified atom stereocenters. The molecule has 2 aromatic rings. The van der Waals surface area contributed by atoms with Crippen molar-refractivity contribution in [1.82, 2.24) is 20.5 Å². The predicted octanol–water partition coefficient (Wildman–Crippen LogP) is 3.96. The molecule has 0 radical (unpaired) electrons. The Labute approximate surface area is 186 Å². The first-order valence-electron chi connectivity index (χ1n) is 9.02. The Hall–Kier alpha value is -1.33. The average Bonchev–Trinajstić information content (AvgIpc) is 3.09. The lowest BCUT2D eigenvalue weighted by atomic mass is 10.0. The number of hydrogen-bond donors (Lipinski definition) is 2. The molecule has 0 fully saturated rings. The van der Waals surface area contributed by atoms with Gasteiger partial charge in [-0.2, -0.15) is 0 Å². The quantitative estimate of drug-likeness (QED) is 0.313. The standard InChI is InChI=1S/C19H27F2N5S.HI/c1-5-13-10-23-17(27-13)12-25-19(22-6-2)24-11-16(26(3)4)18-14(20)8-7-9-15(18)21;/h7-10,16H,5-6,11-12H2,1-4H3,(H2,22,24,25);1H. The van der Waals surface area contributed by atoms with Gasteiger partial charge in [-0.25, -0.2) is 18.8 Å². The molecule has 28 heavy (non-hydrogen) atoms. The molecular formula is C19H28F2IN5S. The van der Waals surface area contributed by atoms with Crippen LogP contribution in [0.25, 0.3) is 0 Å². The van der Waals surface area contributed by atoms with Gasteiger partial charge in [0.1, 0.15) is 16.6 Å². The summed E-state index contributed by atoms with van der Waals surface area (Å²) in [6.45, 7) is 5.52. The highest BCUT2D eigenvalue weighted by Crippen LogP contribution is 2.23. The molecule has 1 heterocycles. The minimum Gasteiger partial charge on any atom is -0.357 e. The van der Waals surface area contributed by atoms with E-state index in [0.29, 0.717) is 25.6 Å². The topological polar surface area (TPSA) is 52.6 Å². The maximum absolute atomic E-state index is 14.2. The van der Waals surface area contributed by atoms with E-state index in [4.69, 9.17) is 0 Å². The van der Waals surface area contributed by atoms with Crippen molar-refractivity contribution >= 4 is 41.3 Å². The van der Waals surface area contributed by atoms with Crippen LogP contribution >= 0.6 is 35.3 Å². The van der Waals surface area contributed by atoms with Gasteiger partial charge in [0.05, 0.1) is 12.6 Å². The van der Waals surface area contributed by atoms with Crippen molar-refractivity contribution in [2.75, 3.05) is 27.2 Å². The third-order valence-corrected chi connectivity index (χ3v) is 5.21. The SMILES string of the molecule is CCNC(=NCc1ncc(CC)s1)NCC(c1c(F)cccc1F)N(C)C.I. The zero-order chi connectivity index (χ0) is 19.8. The van der Waals surface area contributed by atoms with Gasteiger partial charge in [-0.1, -0.05) is 13.0 Å². The Morgan fingerprint density at radius 3 is 2.43 bits per heavy atom. The molecule has 1 atom stereocenters. The molecule has 0 aliphatic rings. The second-order valence-corrected chi connectivity index (χ2v) is 7.46. The Balaban J connectivity index is 0.00000392. The lowest BCUT2D eigenvalue weighted by Crippen LogP contribution is -2.42. The third kappa shape index (κ3) is 6.93. The molecule has 0 bridgehead atoms. The molecule has 1 aromatic heterocycles. The summed E-state index contributed by atoms with van der Waals surface area (Å²) in [5, 5.41) is 7.28. The summed E-state index contributed by atoms with van der Waals surface area (Å²) in [5.41, 5.74) is 0.0540. The maximum Gasteiger partial charge on any atom is 0.191 e. The van der Waals surface area contributed by atoms with Gasteiger partial charge in [0.15, 0.2) is 5.96 Å². The summed E-state index contributed by atoms with van der Waals surface area (Å²) in [4.78, 5) is 11.9. The smallest absolute Gasteiger partial charge is 0.191 e. The zero-order valence-corrected chi connectivity index (χ0v) is 19.8. The normalized spacial score (nSPS) is 12.6. The van der Waals surface area contributed by atoms with Crippen LogP contribution in [0.15, 0.2) is 29.4 Å². The van der Waals surface area contributed by atoms with Crippen molar-refractivity contribution in [3.8, 4) is 0 Å². The van der Waals surface area contributed by atoms with Crippen LogP contribution in [0, 0.1) is 11.6 Å². The Bertz CT molecular complexity index is 746. The van der Waals surface area contributed by atoms with Crippen molar-refractivity contribution < 1.29 is 8.78 Å². The molecule has 1 aromatic carbocycles. The summed E-state index contributed by atoms with van der Waals surface area (Å²) in [5.74, 6) is -0.506. The number of nitrogens with one attached hydrogen (secondary N) is 2. The molecule has 0 saturated carbocycles. The monoisotopic (exact) mass is 523 g/mol. The molecular weight excluding hydrogens is 495 g/mol. The van der Waals surface area contributed by atoms with Crippen molar-refractivity contribution in [1.29, 1.82) is 0 Å². The van der Waals surface area contributed by atoms with Crippen LogP contribution < -0.4 is 10.6 Å². The fourth-order valence-corrected chi connectivity index (χ4v) is 3.43. The van der Waals surface area contributed by atoms with Crippen LogP contribution in [0.1, 0.15) is 35.3 Å². The number of aromatic nitrogens is 1. The van der Waals surface area contributed by atoms with Gasteiger partial charge in [0.2, 0.25) is 0 Å². The molecule has 0 spiro atoms. The first-order valence-corrected chi connectivity index (χ1v) is 9.84. The molecule has 2 rings (SSSR count). The minimum absolute atomic E-state index is 0. The van der Waals surface area contributed by atoms with E-state index in [1.54, 1.807) is 30.3 Å². The van der Waals surface area contributed by atoms with Gasteiger partial charge < -0.3 is 15.5 Å². The van der Waals surface area contributed by atoms with Crippen molar-refractivity contribution in [3.05, 3.63) is 51.5 Å². The van der Waals surface area contributed by atoms with E-state index in [0.717, 1.165) is 11.4 Å². The largest absolute Gasteiger partial charge is 0.357 e. The summed E-state index contributed by atoms with van der Waals surface area (Å²) in [6, 6.07) is 3.46. The van der Waals surface area contributed by atoms with E-state index in [2.05, 4.69) is 27.5 Å². The number of guanidine groups is 1. The first-order chi connectivity index (χ1) is 13.0. The highest BCUT2D eigenvalue weighted by molar-refractivity contribution is 14.0. The number of rotatable bonds is 8. The number of nitrogens with zero attached hydrogens (tertiary/aromatic N) is 3. The van der Waals surface area contributed by atoms with Crippen LogP contribution in [0.5, 0.6) is 0 Å². The van der Waals surface area contributed by atoms with Gasteiger partial charge in [0.25, 0.3) is 0 Å².